The first-order valence-corrected chi connectivity index (χ1v) is 3.91. The van der Waals surface area contributed by atoms with Gasteiger partial charge in [0.05, 0.1) is 0 Å². The topological polar surface area (TPSA) is 49.7 Å². The SMILES string of the molecule is Cc1cc(OC(F)F)cc(B(O)O)c1. The van der Waals surface area contributed by atoms with E-state index < -0.39 is 13.7 Å². The molecule has 0 aromatic heterocycles. The second-order valence-corrected chi connectivity index (χ2v) is 2.83. The lowest BCUT2D eigenvalue weighted by Gasteiger charge is -2.07. The lowest BCUT2D eigenvalue weighted by Crippen LogP contribution is -2.30. The van der Waals surface area contributed by atoms with Gasteiger partial charge in [0.1, 0.15) is 5.75 Å². The van der Waals surface area contributed by atoms with Crippen LogP contribution in [0.5, 0.6) is 5.75 Å². The highest BCUT2D eigenvalue weighted by atomic mass is 19.3. The molecule has 0 radical (unpaired) electrons. The predicted molar refractivity (Wildman–Crippen MR) is 47.6 cm³/mol. The third kappa shape index (κ3) is 2.97. The molecule has 76 valence electrons. The molecular formula is C8H9BF2O3. The van der Waals surface area contributed by atoms with Crippen LogP contribution >= 0.6 is 0 Å². The Morgan fingerprint density at radius 3 is 2.43 bits per heavy atom. The van der Waals surface area contributed by atoms with Crippen molar-refractivity contribution in [2.45, 2.75) is 13.5 Å². The van der Waals surface area contributed by atoms with E-state index in [0.29, 0.717) is 5.56 Å². The van der Waals surface area contributed by atoms with Gasteiger partial charge in [-0.3, -0.25) is 0 Å². The summed E-state index contributed by atoms with van der Waals surface area (Å²) in [5.41, 5.74) is 0.743. The lowest BCUT2D eigenvalue weighted by molar-refractivity contribution is -0.0498. The maximum Gasteiger partial charge on any atom is 0.488 e. The van der Waals surface area contributed by atoms with Gasteiger partial charge in [0.2, 0.25) is 0 Å². The third-order valence-corrected chi connectivity index (χ3v) is 1.60. The fourth-order valence-corrected chi connectivity index (χ4v) is 1.10. The highest BCUT2D eigenvalue weighted by molar-refractivity contribution is 6.58. The van der Waals surface area contributed by atoms with E-state index in [-0.39, 0.29) is 11.2 Å². The summed E-state index contributed by atoms with van der Waals surface area (Å²) in [5, 5.41) is 17.6. The molecule has 0 aliphatic heterocycles. The second kappa shape index (κ2) is 4.39. The maximum atomic E-state index is 11.8. The molecule has 3 nitrogen and oxygen atoms in total. The lowest BCUT2D eigenvalue weighted by atomic mass is 9.79. The number of alkyl halides is 2. The van der Waals surface area contributed by atoms with Gasteiger partial charge in [-0.15, -0.1) is 0 Å². The van der Waals surface area contributed by atoms with E-state index in [1.165, 1.54) is 12.1 Å². The molecule has 2 N–H and O–H groups in total. The normalized spacial score (nSPS) is 10.4. The zero-order chi connectivity index (χ0) is 10.7. The molecule has 6 heteroatoms. The Balaban J connectivity index is 2.95. The molecule has 0 heterocycles. The fourth-order valence-electron chi connectivity index (χ4n) is 1.10. The number of halogens is 2. The van der Waals surface area contributed by atoms with Crippen LogP contribution in [0.1, 0.15) is 5.56 Å². The van der Waals surface area contributed by atoms with Crippen molar-refractivity contribution in [1.82, 2.24) is 0 Å². The third-order valence-electron chi connectivity index (χ3n) is 1.60. The van der Waals surface area contributed by atoms with E-state index in [1.807, 2.05) is 0 Å². The number of rotatable bonds is 3. The van der Waals surface area contributed by atoms with Crippen LogP contribution in [0.3, 0.4) is 0 Å². The first-order valence-electron chi connectivity index (χ1n) is 3.91. The van der Waals surface area contributed by atoms with E-state index in [1.54, 1.807) is 6.92 Å². The molecule has 0 amide bonds. The molecule has 14 heavy (non-hydrogen) atoms. The van der Waals surface area contributed by atoms with E-state index in [0.717, 1.165) is 6.07 Å². The summed E-state index contributed by atoms with van der Waals surface area (Å²) in [6, 6.07) is 4.02. The van der Waals surface area contributed by atoms with Gasteiger partial charge in [-0.1, -0.05) is 6.07 Å². The second-order valence-electron chi connectivity index (χ2n) is 2.83. The molecule has 1 aromatic rings. The van der Waals surface area contributed by atoms with Crippen molar-refractivity contribution in [3.8, 4) is 5.75 Å². The standard InChI is InChI=1S/C8H9BF2O3/c1-5-2-6(9(12)13)4-7(3-5)14-8(10)11/h2-4,8,12-13H,1H3. The minimum Gasteiger partial charge on any atom is -0.435 e. The van der Waals surface area contributed by atoms with Crippen LogP contribution in [0.2, 0.25) is 0 Å². The smallest absolute Gasteiger partial charge is 0.435 e. The average Bonchev–Trinajstić information content (AvgIpc) is 2.01. The van der Waals surface area contributed by atoms with Crippen molar-refractivity contribution >= 4 is 12.6 Å². The van der Waals surface area contributed by atoms with Crippen molar-refractivity contribution in [1.29, 1.82) is 0 Å². The van der Waals surface area contributed by atoms with Crippen molar-refractivity contribution in [3.05, 3.63) is 23.8 Å². The molecule has 0 unspecified atom stereocenters. The Bertz CT molecular complexity index is 317. The first-order chi connectivity index (χ1) is 6.49. The molecular weight excluding hydrogens is 193 g/mol. The van der Waals surface area contributed by atoms with Crippen molar-refractivity contribution in [2.24, 2.45) is 0 Å². The summed E-state index contributed by atoms with van der Waals surface area (Å²) in [7, 11) is -1.69. The summed E-state index contributed by atoms with van der Waals surface area (Å²) in [6.07, 6.45) is 0. The van der Waals surface area contributed by atoms with Gasteiger partial charge in [0, 0.05) is 0 Å². The Hall–Kier alpha value is -1.14. The first kappa shape index (κ1) is 10.9. The van der Waals surface area contributed by atoms with Gasteiger partial charge >= 0.3 is 13.7 Å². The van der Waals surface area contributed by atoms with Crippen LogP contribution in [0.4, 0.5) is 8.78 Å². The summed E-state index contributed by atoms with van der Waals surface area (Å²) in [5.74, 6) is -0.0805. The van der Waals surface area contributed by atoms with Crippen LogP contribution < -0.4 is 10.2 Å². The Morgan fingerprint density at radius 2 is 1.93 bits per heavy atom. The van der Waals surface area contributed by atoms with E-state index >= 15 is 0 Å². The van der Waals surface area contributed by atoms with Gasteiger partial charge in [-0.05, 0) is 30.1 Å². The van der Waals surface area contributed by atoms with Crippen molar-refractivity contribution in [3.63, 3.8) is 0 Å². The number of aryl methyl sites for hydroxylation is 1. The summed E-state index contributed by atoms with van der Waals surface area (Å²) >= 11 is 0. The molecule has 0 aliphatic rings. The Kier molecular flexibility index (Phi) is 3.43. The zero-order valence-corrected chi connectivity index (χ0v) is 7.45. The number of hydrogen-bond acceptors (Lipinski definition) is 3. The van der Waals surface area contributed by atoms with Crippen LogP contribution in [0.15, 0.2) is 18.2 Å². The van der Waals surface area contributed by atoms with Gasteiger partial charge < -0.3 is 14.8 Å². The summed E-state index contributed by atoms with van der Waals surface area (Å²) in [6.45, 7) is -1.27. The number of ether oxygens (including phenoxy) is 1. The Labute approximate surface area is 80.1 Å². The van der Waals surface area contributed by atoms with Crippen LogP contribution in [0, 0.1) is 6.92 Å². The minimum atomic E-state index is -2.92. The van der Waals surface area contributed by atoms with Crippen LogP contribution in [0.25, 0.3) is 0 Å². The highest BCUT2D eigenvalue weighted by Crippen LogP contribution is 2.14. The average molecular weight is 202 g/mol. The Morgan fingerprint density at radius 1 is 1.29 bits per heavy atom. The number of hydrogen-bond donors (Lipinski definition) is 2. The molecule has 0 saturated heterocycles. The van der Waals surface area contributed by atoms with Crippen molar-refractivity contribution in [2.75, 3.05) is 0 Å². The molecule has 0 aliphatic carbocycles. The van der Waals surface area contributed by atoms with Gasteiger partial charge in [0.15, 0.2) is 0 Å². The molecule has 0 spiro atoms. The largest absolute Gasteiger partial charge is 0.488 e. The van der Waals surface area contributed by atoms with Gasteiger partial charge in [-0.2, -0.15) is 8.78 Å². The minimum absolute atomic E-state index is 0.0805. The highest BCUT2D eigenvalue weighted by Gasteiger charge is 2.14. The van der Waals surface area contributed by atoms with E-state index in [4.69, 9.17) is 10.0 Å². The predicted octanol–water partition coefficient (Wildman–Crippen LogP) is 0.276. The van der Waals surface area contributed by atoms with E-state index in [2.05, 4.69) is 4.74 Å². The zero-order valence-electron chi connectivity index (χ0n) is 7.45. The fraction of sp³-hybridized carbons (Fsp3) is 0.250. The molecule has 0 atom stereocenters. The molecule has 0 saturated carbocycles. The molecule has 0 bridgehead atoms. The van der Waals surface area contributed by atoms with E-state index in [9.17, 15) is 8.78 Å². The molecule has 1 aromatic carbocycles. The van der Waals surface area contributed by atoms with Gasteiger partial charge in [-0.25, -0.2) is 0 Å². The summed E-state index contributed by atoms with van der Waals surface area (Å²) in [4.78, 5) is 0. The van der Waals surface area contributed by atoms with Crippen molar-refractivity contribution < 1.29 is 23.6 Å². The maximum absolute atomic E-state index is 11.8. The quantitative estimate of drug-likeness (QED) is 0.692. The number of benzene rings is 1. The van der Waals surface area contributed by atoms with Crippen LogP contribution in [-0.2, 0) is 0 Å². The molecule has 0 fully saturated rings. The summed E-state index contributed by atoms with van der Waals surface area (Å²) < 4.78 is 27.8. The molecule has 1 rings (SSSR count). The van der Waals surface area contributed by atoms with Gasteiger partial charge in [0.25, 0.3) is 0 Å². The monoisotopic (exact) mass is 202 g/mol. The van der Waals surface area contributed by atoms with Crippen LogP contribution in [-0.4, -0.2) is 23.8 Å².